The lowest BCUT2D eigenvalue weighted by Gasteiger charge is -2.25. The Bertz CT molecular complexity index is 1460. The molecule has 0 atom stereocenters. The molecule has 42 heavy (non-hydrogen) atoms. The molecule has 0 aliphatic heterocycles. The molecule has 4 nitrogen and oxygen atoms in total. The highest BCUT2D eigenvalue weighted by Crippen LogP contribution is 2.32. The van der Waals surface area contributed by atoms with Gasteiger partial charge in [-0.25, -0.2) is 0 Å². The molecule has 1 N–H and O–H groups in total. The fourth-order valence-electron chi connectivity index (χ4n) is 5.41. The molecule has 0 unspecified atom stereocenters. The van der Waals surface area contributed by atoms with E-state index >= 15 is 0 Å². The van der Waals surface area contributed by atoms with Crippen molar-refractivity contribution < 1.29 is 9.53 Å². The van der Waals surface area contributed by atoms with Gasteiger partial charge in [-0.15, -0.1) is 0 Å². The minimum atomic E-state index is -0.113. The molecule has 0 radical (unpaired) electrons. The fraction of sp³-hybridized carbons (Fsp3) is 0.270. The number of nitrogens with one attached hydrogen (secondary N) is 1. The van der Waals surface area contributed by atoms with Gasteiger partial charge in [-0.1, -0.05) is 108 Å². The van der Waals surface area contributed by atoms with Crippen molar-refractivity contribution in [2.45, 2.75) is 44.8 Å². The minimum absolute atomic E-state index is 0.113. The predicted octanol–water partition coefficient (Wildman–Crippen LogP) is 8.66. The summed E-state index contributed by atoms with van der Waals surface area (Å²) in [5.74, 6) is 0.531. The lowest BCUT2D eigenvalue weighted by molar-refractivity contribution is 0.0951. The Hall–Kier alpha value is -3.86. The highest BCUT2D eigenvalue weighted by Gasteiger charge is 2.20. The van der Waals surface area contributed by atoms with Gasteiger partial charge in [-0.05, 0) is 86.1 Å². The van der Waals surface area contributed by atoms with Crippen LogP contribution in [0.2, 0.25) is 5.02 Å². The zero-order chi connectivity index (χ0) is 29.1. The second kappa shape index (κ2) is 14.9. The van der Waals surface area contributed by atoms with Gasteiger partial charge in [0.1, 0.15) is 5.75 Å². The standard InChI is InChI=1S/C37H39ClN2O2/c1-40(27-30-9-4-2-5-10-30)24-8-23-39-37(41)33-19-22-36(35(38)26-33)42-34-20-15-29(16-21-34)25-28-13-17-32(18-14-28)31-11-6-3-7-12-31/h2-7,9-14,17-19,22,25-26,34H,8,15-16,20-21,23-24,27H2,1H3,(H,39,41). The molecule has 4 aromatic carbocycles. The van der Waals surface area contributed by atoms with E-state index in [1.165, 1.54) is 27.8 Å². The van der Waals surface area contributed by atoms with Crippen molar-refractivity contribution in [3.05, 3.63) is 130 Å². The molecule has 216 valence electrons. The summed E-state index contributed by atoms with van der Waals surface area (Å²) < 4.78 is 6.26. The average Bonchev–Trinajstić information content (AvgIpc) is 3.02. The smallest absolute Gasteiger partial charge is 0.251 e. The largest absolute Gasteiger partial charge is 0.489 e. The van der Waals surface area contributed by atoms with Gasteiger partial charge >= 0.3 is 0 Å². The maximum absolute atomic E-state index is 12.7. The summed E-state index contributed by atoms with van der Waals surface area (Å²) >= 11 is 6.54. The quantitative estimate of drug-likeness (QED) is 0.181. The van der Waals surface area contributed by atoms with E-state index < -0.39 is 0 Å². The zero-order valence-electron chi connectivity index (χ0n) is 24.3. The molecule has 0 bridgehead atoms. The maximum Gasteiger partial charge on any atom is 0.251 e. The number of carbonyl (C=O) groups excluding carboxylic acids is 1. The van der Waals surface area contributed by atoms with Gasteiger partial charge in [0.05, 0.1) is 11.1 Å². The van der Waals surface area contributed by atoms with Crippen LogP contribution in [-0.4, -0.2) is 37.0 Å². The monoisotopic (exact) mass is 578 g/mol. The number of amides is 1. The third kappa shape index (κ3) is 8.58. The van der Waals surface area contributed by atoms with Gasteiger partial charge in [-0.3, -0.25) is 4.79 Å². The summed E-state index contributed by atoms with van der Waals surface area (Å²) in [6.45, 7) is 2.41. The second-order valence-corrected chi connectivity index (χ2v) is 11.5. The molecule has 0 heterocycles. The van der Waals surface area contributed by atoms with E-state index in [4.69, 9.17) is 16.3 Å². The van der Waals surface area contributed by atoms with Gasteiger partial charge in [-0.2, -0.15) is 0 Å². The predicted molar refractivity (Wildman–Crippen MR) is 174 cm³/mol. The van der Waals surface area contributed by atoms with Crippen molar-refractivity contribution in [1.82, 2.24) is 10.2 Å². The zero-order valence-corrected chi connectivity index (χ0v) is 25.0. The van der Waals surface area contributed by atoms with Crippen LogP contribution in [-0.2, 0) is 6.54 Å². The summed E-state index contributed by atoms with van der Waals surface area (Å²) in [7, 11) is 2.10. The highest BCUT2D eigenvalue weighted by molar-refractivity contribution is 6.32. The lowest BCUT2D eigenvalue weighted by atomic mass is 9.91. The molecule has 1 aliphatic rings. The molecule has 1 saturated carbocycles. The molecule has 5 heteroatoms. The van der Waals surface area contributed by atoms with E-state index in [0.29, 0.717) is 22.9 Å². The molecule has 0 aromatic heterocycles. The molecular weight excluding hydrogens is 540 g/mol. The molecule has 5 rings (SSSR count). The number of halogens is 1. The van der Waals surface area contributed by atoms with Crippen molar-refractivity contribution in [2.75, 3.05) is 20.1 Å². The Morgan fingerprint density at radius 2 is 1.57 bits per heavy atom. The number of allylic oxidation sites excluding steroid dienone is 1. The van der Waals surface area contributed by atoms with Crippen molar-refractivity contribution in [2.24, 2.45) is 0 Å². The summed E-state index contributed by atoms with van der Waals surface area (Å²) in [6, 6.07) is 35.0. The van der Waals surface area contributed by atoms with E-state index in [1.807, 2.05) is 18.2 Å². The van der Waals surface area contributed by atoms with Crippen molar-refractivity contribution in [1.29, 1.82) is 0 Å². The number of nitrogens with zero attached hydrogens (tertiary/aromatic N) is 1. The van der Waals surface area contributed by atoms with E-state index in [2.05, 4.69) is 96.1 Å². The number of hydrogen-bond acceptors (Lipinski definition) is 3. The van der Waals surface area contributed by atoms with Crippen LogP contribution in [0, 0.1) is 0 Å². The number of rotatable bonds is 11. The lowest BCUT2D eigenvalue weighted by Crippen LogP contribution is -2.28. The Balaban J connectivity index is 1.04. The fourth-order valence-corrected chi connectivity index (χ4v) is 5.63. The first kappa shape index (κ1) is 29.6. The van der Waals surface area contributed by atoms with Crippen LogP contribution in [0.3, 0.4) is 0 Å². The van der Waals surface area contributed by atoms with Gasteiger partial charge in [0.15, 0.2) is 0 Å². The van der Waals surface area contributed by atoms with Gasteiger partial charge in [0.25, 0.3) is 5.91 Å². The van der Waals surface area contributed by atoms with Crippen molar-refractivity contribution in [3.8, 4) is 16.9 Å². The molecule has 1 aliphatic carbocycles. The maximum atomic E-state index is 12.7. The molecular formula is C37H39ClN2O2. The number of carbonyl (C=O) groups is 1. The second-order valence-electron chi connectivity index (χ2n) is 11.1. The Morgan fingerprint density at radius 3 is 2.26 bits per heavy atom. The van der Waals surface area contributed by atoms with Crippen LogP contribution in [0.5, 0.6) is 5.75 Å². The topological polar surface area (TPSA) is 41.6 Å². The molecule has 1 fully saturated rings. The van der Waals surface area contributed by atoms with E-state index in [1.54, 1.807) is 12.1 Å². The van der Waals surface area contributed by atoms with Crippen LogP contribution < -0.4 is 10.1 Å². The summed E-state index contributed by atoms with van der Waals surface area (Å²) in [5, 5.41) is 3.49. The van der Waals surface area contributed by atoms with Gasteiger partial charge < -0.3 is 15.0 Å². The van der Waals surface area contributed by atoms with Crippen LogP contribution in [0.4, 0.5) is 0 Å². The highest BCUT2D eigenvalue weighted by atomic mass is 35.5. The first-order chi connectivity index (χ1) is 20.5. The van der Waals surface area contributed by atoms with Crippen LogP contribution in [0.1, 0.15) is 53.6 Å². The summed E-state index contributed by atoms with van der Waals surface area (Å²) in [6.07, 6.45) is 7.21. The Kier molecular flexibility index (Phi) is 10.5. The third-order valence-corrected chi connectivity index (χ3v) is 8.04. The Labute approximate surface area is 255 Å². The van der Waals surface area contributed by atoms with E-state index in [0.717, 1.165) is 45.2 Å². The van der Waals surface area contributed by atoms with E-state index in [-0.39, 0.29) is 12.0 Å². The number of hydrogen-bond donors (Lipinski definition) is 1. The van der Waals surface area contributed by atoms with Crippen LogP contribution >= 0.6 is 11.6 Å². The SMILES string of the molecule is CN(CCCNC(=O)c1ccc(OC2CCC(=Cc3ccc(-c4ccccc4)cc3)CC2)c(Cl)c1)Cc1ccccc1. The van der Waals surface area contributed by atoms with Crippen molar-refractivity contribution in [3.63, 3.8) is 0 Å². The average molecular weight is 579 g/mol. The molecule has 0 saturated heterocycles. The van der Waals surface area contributed by atoms with Gasteiger partial charge in [0, 0.05) is 18.7 Å². The molecule has 4 aromatic rings. The van der Waals surface area contributed by atoms with Gasteiger partial charge in [0.2, 0.25) is 0 Å². The van der Waals surface area contributed by atoms with E-state index in [9.17, 15) is 4.79 Å². The molecule has 0 spiro atoms. The minimum Gasteiger partial charge on any atom is -0.489 e. The third-order valence-electron chi connectivity index (χ3n) is 7.75. The first-order valence-corrected chi connectivity index (χ1v) is 15.2. The number of benzene rings is 4. The first-order valence-electron chi connectivity index (χ1n) is 14.9. The van der Waals surface area contributed by atoms with Crippen LogP contribution in [0.25, 0.3) is 17.2 Å². The summed E-state index contributed by atoms with van der Waals surface area (Å²) in [4.78, 5) is 14.9. The number of ether oxygens (including phenoxy) is 1. The summed E-state index contributed by atoms with van der Waals surface area (Å²) in [5.41, 5.74) is 7.00. The van der Waals surface area contributed by atoms with Crippen molar-refractivity contribution >= 4 is 23.6 Å². The normalized spacial score (nSPS) is 14.9. The Morgan fingerprint density at radius 1 is 0.905 bits per heavy atom. The molecule has 1 amide bonds. The van der Waals surface area contributed by atoms with Crippen LogP contribution in [0.15, 0.2) is 109 Å².